The van der Waals surface area contributed by atoms with Gasteiger partial charge in [-0.3, -0.25) is 4.79 Å². The van der Waals surface area contributed by atoms with E-state index in [4.69, 9.17) is 4.74 Å². The lowest BCUT2D eigenvalue weighted by Crippen LogP contribution is -2.39. The summed E-state index contributed by atoms with van der Waals surface area (Å²) in [6.45, 7) is 5.87. The summed E-state index contributed by atoms with van der Waals surface area (Å²) in [5.41, 5.74) is 3.66. The van der Waals surface area contributed by atoms with Gasteiger partial charge in [0.05, 0.1) is 13.4 Å². The number of ether oxygens (including phenoxy) is 1. The Hall–Kier alpha value is -2.30. The molecule has 0 aromatic heterocycles. The van der Waals surface area contributed by atoms with Crippen LogP contribution < -0.4 is 15.4 Å². The van der Waals surface area contributed by atoms with Crippen molar-refractivity contribution in [3.8, 4) is 5.75 Å². The number of methoxy groups -OCH3 is 1. The summed E-state index contributed by atoms with van der Waals surface area (Å²) in [5, 5.41) is 5.89. The highest BCUT2D eigenvalue weighted by Gasteiger charge is 2.39. The fraction of sp³-hybridized carbons (Fsp3) is 0.286. The van der Waals surface area contributed by atoms with E-state index in [9.17, 15) is 4.79 Å². The van der Waals surface area contributed by atoms with Crippen LogP contribution in [0.25, 0.3) is 5.57 Å². The van der Waals surface area contributed by atoms with Crippen LogP contribution >= 0.6 is 0 Å². The van der Waals surface area contributed by atoms with Gasteiger partial charge >= 0.3 is 0 Å². The fourth-order valence-corrected chi connectivity index (χ4v) is 2.57. The minimum Gasteiger partial charge on any atom is -0.496 e. The Morgan fingerprint density at radius 1 is 1.47 bits per heavy atom. The Bertz CT molecular complexity index is 607. The number of benzene rings is 1. The van der Waals surface area contributed by atoms with E-state index in [1.54, 1.807) is 7.11 Å². The second-order valence-electron chi connectivity index (χ2n) is 4.77. The predicted octanol–water partition coefficient (Wildman–Crippen LogP) is 1.72. The molecule has 0 saturated heterocycles. The normalized spacial score (nSPS) is 23.2. The number of nitrogens with one attached hydrogen (secondary N) is 2. The van der Waals surface area contributed by atoms with E-state index >= 15 is 0 Å². The number of hydrogen-bond donors (Lipinski definition) is 2. The van der Waals surface area contributed by atoms with Crippen LogP contribution in [0.15, 0.2) is 23.7 Å². The highest BCUT2D eigenvalue weighted by Crippen LogP contribution is 2.42. The Balaban J connectivity index is 2.15. The summed E-state index contributed by atoms with van der Waals surface area (Å²) in [4.78, 5) is 16.2. The topological polar surface area (TPSA) is 62.7 Å². The third-order valence-electron chi connectivity index (χ3n) is 3.51. The third-order valence-corrected chi connectivity index (χ3v) is 3.51. The molecule has 2 atom stereocenters. The molecule has 0 radical (unpaired) electrons. The van der Waals surface area contributed by atoms with Crippen LogP contribution in [0.1, 0.15) is 24.0 Å². The standard InChI is InChI=1S/C14H15N3O2/c1-7(2)8-4-9-10(5-11(8)19-3)17-13-12(9)14(18)16-6-15-13/h4-6,12-13,17H,1H2,2-3H3,(H,15,16,18). The van der Waals surface area contributed by atoms with Gasteiger partial charge in [0.15, 0.2) is 0 Å². The molecule has 2 aliphatic heterocycles. The Kier molecular flexibility index (Phi) is 2.55. The zero-order valence-electron chi connectivity index (χ0n) is 10.9. The van der Waals surface area contributed by atoms with E-state index in [2.05, 4.69) is 22.2 Å². The number of rotatable bonds is 2. The lowest BCUT2D eigenvalue weighted by Gasteiger charge is -2.19. The molecule has 2 heterocycles. The molecule has 0 bridgehead atoms. The maximum absolute atomic E-state index is 12.0. The number of carbonyl (C=O) groups excluding carboxylic acids is 1. The Labute approximate surface area is 111 Å². The molecule has 5 nitrogen and oxygen atoms in total. The zero-order valence-corrected chi connectivity index (χ0v) is 10.9. The molecule has 0 fully saturated rings. The van der Waals surface area contributed by atoms with Gasteiger partial charge in [-0.2, -0.15) is 0 Å². The van der Waals surface area contributed by atoms with Crippen LogP contribution in [0.5, 0.6) is 5.75 Å². The molecular formula is C14H15N3O2. The van der Waals surface area contributed by atoms with Gasteiger partial charge in [-0.05, 0) is 24.1 Å². The van der Waals surface area contributed by atoms with Crippen LogP contribution in [0.2, 0.25) is 0 Å². The zero-order chi connectivity index (χ0) is 13.6. The number of anilines is 1. The summed E-state index contributed by atoms with van der Waals surface area (Å²) in [6, 6.07) is 3.87. The SMILES string of the molecule is C=C(C)c1cc2c(cc1OC)NC1N=CNC(=O)C21. The quantitative estimate of drug-likeness (QED) is 0.848. The lowest BCUT2D eigenvalue weighted by atomic mass is 9.94. The van der Waals surface area contributed by atoms with E-state index in [0.717, 1.165) is 28.1 Å². The van der Waals surface area contributed by atoms with Crippen molar-refractivity contribution < 1.29 is 9.53 Å². The summed E-state index contributed by atoms with van der Waals surface area (Å²) in [7, 11) is 1.63. The minimum absolute atomic E-state index is 0.0379. The molecule has 1 aromatic carbocycles. The summed E-state index contributed by atoms with van der Waals surface area (Å²) in [6.07, 6.45) is 1.22. The number of nitrogens with zero attached hydrogens (tertiary/aromatic N) is 1. The van der Waals surface area contributed by atoms with Crippen LogP contribution in [0.3, 0.4) is 0 Å². The first kappa shape index (κ1) is 11.8. The number of hydrogen-bond acceptors (Lipinski definition) is 4. The van der Waals surface area contributed by atoms with Crippen molar-refractivity contribution in [1.29, 1.82) is 0 Å². The predicted molar refractivity (Wildman–Crippen MR) is 74.5 cm³/mol. The maximum Gasteiger partial charge on any atom is 0.236 e. The third kappa shape index (κ3) is 1.69. The number of carbonyl (C=O) groups is 1. The summed E-state index contributed by atoms with van der Waals surface area (Å²) >= 11 is 0. The fourth-order valence-electron chi connectivity index (χ4n) is 2.57. The molecule has 98 valence electrons. The monoisotopic (exact) mass is 257 g/mol. The molecule has 1 aromatic rings. The molecule has 0 saturated carbocycles. The van der Waals surface area contributed by atoms with Gasteiger partial charge < -0.3 is 15.4 Å². The number of amides is 1. The van der Waals surface area contributed by atoms with Crippen molar-refractivity contribution in [3.05, 3.63) is 29.8 Å². The number of fused-ring (bicyclic) bond motifs is 3. The highest BCUT2D eigenvalue weighted by molar-refractivity contribution is 5.98. The Morgan fingerprint density at radius 3 is 2.95 bits per heavy atom. The molecule has 5 heteroatoms. The van der Waals surface area contributed by atoms with Crippen LogP contribution in [0.4, 0.5) is 5.69 Å². The average molecular weight is 257 g/mol. The molecule has 2 unspecified atom stereocenters. The van der Waals surface area contributed by atoms with Gasteiger partial charge in [-0.25, -0.2) is 4.99 Å². The maximum atomic E-state index is 12.0. The second-order valence-corrected chi connectivity index (χ2v) is 4.77. The first-order chi connectivity index (χ1) is 9.11. The van der Waals surface area contributed by atoms with E-state index in [0.29, 0.717) is 0 Å². The highest BCUT2D eigenvalue weighted by atomic mass is 16.5. The molecule has 19 heavy (non-hydrogen) atoms. The second kappa shape index (κ2) is 4.12. The Morgan fingerprint density at radius 2 is 2.26 bits per heavy atom. The van der Waals surface area contributed by atoms with E-state index in [1.165, 1.54) is 6.34 Å². The molecule has 0 spiro atoms. The van der Waals surface area contributed by atoms with E-state index < -0.39 is 0 Å². The lowest BCUT2D eigenvalue weighted by molar-refractivity contribution is -0.121. The van der Waals surface area contributed by atoms with Gasteiger partial charge in [0.1, 0.15) is 17.8 Å². The largest absolute Gasteiger partial charge is 0.496 e. The van der Waals surface area contributed by atoms with Gasteiger partial charge in [0.25, 0.3) is 0 Å². The van der Waals surface area contributed by atoms with Crippen molar-refractivity contribution in [2.75, 3.05) is 12.4 Å². The molecule has 0 aliphatic carbocycles. The smallest absolute Gasteiger partial charge is 0.236 e. The molecule has 1 amide bonds. The van der Waals surface area contributed by atoms with Gasteiger partial charge in [0.2, 0.25) is 5.91 Å². The van der Waals surface area contributed by atoms with E-state index in [-0.39, 0.29) is 18.0 Å². The van der Waals surface area contributed by atoms with Gasteiger partial charge in [-0.1, -0.05) is 6.58 Å². The molecular weight excluding hydrogens is 242 g/mol. The number of allylic oxidation sites excluding steroid dienone is 1. The van der Waals surface area contributed by atoms with Crippen molar-refractivity contribution in [1.82, 2.24) is 5.32 Å². The molecule has 2 aliphatic rings. The van der Waals surface area contributed by atoms with Gasteiger partial charge in [0, 0.05) is 17.3 Å². The number of aliphatic imine (C=N–C) groups is 1. The first-order valence-electron chi connectivity index (χ1n) is 6.08. The first-order valence-corrected chi connectivity index (χ1v) is 6.08. The molecule has 2 N–H and O–H groups in total. The van der Waals surface area contributed by atoms with Crippen LogP contribution in [-0.4, -0.2) is 25.5 Å². The summed E-state index contributed by atoms with van der Waals surface area (Å²) < 4.78 is 5.37. The van der Waals surface area contributed by atoms with Crippen molar-refractivity contribution in [3.63, 3.8) is 0 Å². The van der Waals surface area contributed by atoms with Crippen molar-refractivity contribution in [2.45, 2.75) is 19.0 Å². The minimum atomic E-state index is -0.288. The van der Waals surface area contributed by atoms with E-state index in [1.807, 2.05) is 19.1 Å². The van der Waals surface area contributed by atoms with Crippen molar-refractivity contribution >= 4 is 23.5 Å². The average Bonchev–Trinajstić information content (AvgIpc) is 2.75. The molecule has 3 rings (SSSR count). The van der Waals surface area contributed by atoms with Crippen LogP contribution in [0, 0.1) is 0 Å². The van der Waals surface area contributed by atoms with Crippen LogP contribution in [-0.2, 0) is 4.79 Å². The van der Waals surface area contributed by atoms with Crippen molar-refractivity contribution in [2.24, 2.45) is 4.99 Å². The van der Waals surface area contributed by atoms with Gasteiger partial charge in [-0.15, -0.1) is 0 Å². The summed E-state index contributed by atoms with van der Waals surface area (Å²) in [5.74, 6) is 0.426.